The van der Waals surface area contributed by atoms with Crippen molar-refractivity contribution in [2.45, 2.75) is 0 Å². The van der Waals surface area contributed by atoms with E-state index in [1.54, 1.807) is 30.3 Å². The first kappa shape index (κ1) is 16.8. The van der Waals surface area contributed by atoms with E-state index in [4.69, 9.17) is 0 Å². The molecule has 0 radical (unpaired) electrons. The highest BCUT2D eigenvalue weighted by atomic mass is 16.2. The first-order valence-corrected chi connectivity index (χ1v) is 9.06. The van der Waals surface area contributed by atoms with Gasteiger partial charge in [0.15, 0.2) is 5.78 Å². The van der Waals surface area contributed by atoms with Crippen LogP contribution in [0.2, 0.25) is 0 Å². The van der Waals surface area contributed by atoms with Crippen LogP contribution >= 0.6 is 0 Å². The SMILES string of the molecule is N#CC(=Cc1ccccc1)C(=O)n1nc2c3c(cccc31)C(=O)c1ccccc1-2. The Kier molecular flexibility index (Phi) is 3.71. The molecular weight excluding hydrogens is 362 g/mol. The lowest BCUT2D eigenvalue weighted by atomic mass is 9.87. The summed E-state index contributed by atoms with van der Waals surface area (Å²) in [4.78, 5) is 26.1. The molecule has 0 saturated heterocycles. The molecule has 0 fully saturated rings. The number of allylic oxidation sites excluding steroid dienone is 1. The summed E-state index contributed by atoms with van der Waals surface area (Å²) in [5.74, 6) is -0.623. The summed E-state index contributed by atoms with van der Waals surface area (Å²) in [6.07, 6.45) is 1.54. The molecule has 1 aromatic heterocycles. The molecule has 29 heavy (non-hydrogen) atoms. The molecule has 0 aliphatic heterocycles. The second-order valence-electron chi connectivity index (χ2n) is 6.72. The molecular formula is C24H13N3O2. The zero-order valence-electron chi connectivity index (χ0n) is 15.2. The molecule has 1 aliphatic rings. The maximum Gasteiger partial charge on any atom is 0.289 e. The van der Waals surface area contributed by atoms with Gasteiger partial charge in [0, 0.05) is 22.1 Å². The lowest BCUT2D eigenvalue weighted by molar-refractivity contribution is 0.0951. The number of nitriles is 1. The van der Waals surface area contributed by atoms with Crippen molar-refractivity contribution in [3.8, 4) is 17.3 Å². The molecule has 5 nitrogen and oxygen atoms in total. The molecule has 4 aromatic rings. The summed E-state index contributed by atoms with van der Waals surface area (Å²) < 4.78 is 1.22. The van der Waals surface area contributed by atoms with Gasteiger partial charge in [-0.2, -0.15) is 15.0 Å². The molecule has 0 N–H and O–H groups in total. The Labute approximate surface area is 166 Å². The molecule has 136 valence electrons. The molecule has 1 heterocycles. The smallest absolute Gasteiger partial charge is 0.289 e. The van der Waals surface area contributed by atoms with Crippen LogP contribution in [-0.2, 0) is 0 Å². The van der Waals surface area contributed by atoms with Crippen LogP contribution in [0.1, 0.15) is 26.3 Å². The number of fused-ring (bicyclic) bond motifs is 2. The third-order valence-corrected chi connectivity index (χ3v) is 5.03. The number of ketones is 1. The molecule has 0 atom stereocenters. The number of aromatic nitrogens is 2. The largest absolute Gasteiger partial charge is 0.289 e. The van der Waals surface area contributed by atoms with Gasteiger partial charge in [0.25, 0.3) is 5.91 Å². The molecule has 3 aromatic carbocycles. The first-order valence-electron chi connectivity index (χ1n) is 9.06. The van der Waals surface area contributed by atoms with E-state index in [0.717, 1.165) is 5.56 Å². The molecule has 0 saturated carbocycles. The molecule has 1 aliphatic carbocycles. The highest BCUT2D eigenvalue weighted by molar-refractivity contribution is 6.26. The summed E-state index contributed by atoms with van der Waals surface area (Å²) in [7, 11) is 0. The van der Waals surface area contributed by atoms with Crippen molar-refractivity contribution in [3.05, 3.63) is 95.1 Å². The highest BCUT2D eigenvalue weighted by Crippen LogP contribution is 2.38. The number of carbonyl (C=O) groups is 2. The van der Waals surface area contributed by atoms with E-state index in [-0.39, 0.29) is 11.4 Å². The topological polar surface area (TPSA) is 75.8 Å². The Morgan fingerprint density at radius 2 is 1.59 bits per heavy atom. The van der Waals surface area contributed by atoms with E-state index >= 15 is 0 Å². The molecule has 0 unspecified atom stereocenters. The Morgan fingerprint density at radius 3 is 2.34 bits per heavy atom. The first-order chi connectivity index (χ1) is 14.2. The predicted octanol–water partition coefficient (Wildman–Crippen LogP) is 4.50. The van der Waals surface area contributed by atoms with Crippen LogP contribution in [0.3, 0.4) is 0 Å². The van der Waals surface area contributed by atoms with Gasteiger partial charge < -0.3 is 0 Å². The van der Waals surface area contributed by atoms with Crippen LogP contribution in [0, 0.1) is 11.3 Å². The van der Waals surface area contributed by atoms with Gasteiger partial charge in [0.05, 0.1) is 5.52 Å². The average Bonchev–Trinajstić information content (AvgIpc) is 3.17. The monoisotopic (exact) mass is 375 g/mol. The van der Waals surface area contributed by atoms with Gasteiger partial charge in [0.2, 0.25) is 0 Å². The Balaban J connectivity index is 1.73. The maximum atomic E-state index is 13.2. The maximum absolute atomic E-state index is 13.2. The van der Waals surface area contributed by atoms with Crippen LogP contribution in [-0.4, -0.2) is 21.5 Å². The van der Waals surface area contributed by atoms with Crippen molar-refractivity contribution >= 4 is 28.7 Å². The summed E-state index contributed by atoms with van der Waals surface area (Å²) in [6, 6.07) is 23.6. The van der Waals surface area contributed by atoms with Gasteiger partial charge in [-0.05, 0) is 17.7 Å². The normalized spacial score (nSPS) is 12.5. The van der Waals surface area contributed by atoms with Crippen molar-refractivity contribution in [3.63, 3.8) is 0 Å². The number of hydrogen-bond acceptors (Lipinski definition) is 4. The van der Waals surface area contributed by atoms with E-state index in [1.807, 2.05) is 48.5 Å². The Hall–Kier alpha value is -4.30. The summed E-state index contributed by atoms with van der Waals surface area (Å²) in [5.41, 5.74) is 3.58. The number of benzene rings is 3. The zero-order valence-corrected chi connectivity index (χ0v) is 15.2. The fourth-order valence-corrected chi connectivity index (χ4v) is 3.71. The molecule has 5 heteroatoms. The van der Waals surface area contributed by atoms with Crippen LogP contribution in [0.15, 0.2) is 78.4 Å². The minimum atomic E-state index is -0.531. The van der Waals surface area contributed by atoms with E-state index in [0.29, 0.717) is 33.3 Å². The number of hydrogen-bond donors (Lipinski definition) is 0. The van der Waals surface area contributed by atoms with E-state index < -0.39 is 5.91 Å². The zero-order chi connectivity index (χ0) is 20.0. The summed E-state index contributed by atoms with van der Waals surface area (Å²) in [5, 5.41) is 14.8. The van der Waals surface area contributed by atoms with Crippen molar-refractivity contribution in [1.29, 1.82) is 5.26 Å². The second-order valence-corrected chi connectivity index (χ2v) is 6.72. The quantitative estimate of drug-likeness (QED) is 0.336. The number of carbonyl (C=O) groups excluding carboxylic acids is 2. The van der Waals surface area contributed by atoms with Gasteiger partial charge in [0.1, 0.15) is 17.3 Å². The summed E-state index contributed by atoms with van der Waals surface area (Å²) in [6.45, 7) is 0. The van der Waals surface area contributed by atoms with Crippen LogP contribution in [0.25, 0.3) is 28.2 Å². The third-order valence-electron chi connectivity index (χ3n) is 5.03. The minimum absolute atomic E-state index is 0.0311. The van der Waals surface area contributed by atoms with E-state index in [2.05, 4.69) is 5.10 Å². The molecule has 0 spiro atoms. The van der Waals surface area contributed by atoms with E-state index in [1.165, 1.54) is 10.8 Å². The minimum Gasteiger partial charge on any atom is -0.289 e. The van der Waals surface area contributed by atoms with Gasteiger partial charge in [-0.1, -0.05) is 66.7 Å². The lowest BCUT2D eigenvalue weighted by Gasteiger charge is -2.13. The molecule has 5 rings (SSSR count). The van der Waals surface area contributed by atoms with Crippen LogP contribution in [0.4, 0.5) is 0 Å². The summed E-state index contributed by atoms with van der Waals surface area (Å²) >= 11 is 0. The van der Waals surface area contributed by atoms with Crippen LogP contribution < -0.4 is 0 Å². The predicted molar refractivity (Wildman–Crippen MR) is 109 cm³/mol. The molecule has 0 bridgehead atoms. The average molecular weight is 375 g/mol. The Bertz CT molecular complexity index is 1390. The van der Waals surface area contributed by atoms with Gasteiger partial charge >= 0.3 is 0 Å². The fraction of sp³-hybridized carbons (Fsp3) is 0. The van der Waals surface area contributed by atoms with Crippen molar-refractivity contribution in [2.75, 3.05) is 0 Å². The highest BCUT2D eigenvalue weighted by Gasteiger charge is 2.30. The van der Waals surface area contributed by atoms with Gasteiger partial charge in [-0.25, -0.2) is 0 Å². The van der Waals surface area contributed by atoms with Crippen molar-refractivity contribution in [1.82, 2.24) is 9.78 Å². The number of nitrogens with zero attached hydrogens (tertiary/aromatic N) is 3. The fourth-order valence-electron chi connectivity index (χ4n) is 3.71. The van der Waals surface area contributed by atoms with Gasteiger partial charge in [-0.15, -0.1) is 0 Å². The van der Waals surface area contributed by atoms with Crippen molar-refractivity contribution in [2.24, 2.45) is 0 Å². The standard InChI is InChI=1S/C24H13N3O2/c25-14-16(13-15-7-2-1-3-8-15)24(29)27-20-12-6-11-19-21(20)22(26-27)17-9-4-5-10-18(17)23(19)28/h1-13H. The number of rotatable bonds is 2. The van der Waals surface area contributed by atoms with Crippen LogP contribution in [0.5, 0.6) is 0 Å². The second kappa shape index (κ2) is 6.39. The Morgan fingerprint density at radius 1 is 0.897 bits per heavy atom. The van der Waals surface area contributed by atoms with E-state index in [9.17, 15) is 14.9 Å². The van der Waals surface area contributed by atoms with Gasteiger partial charge in [-0.3, -0.25) is 9.59 Å². The third kappa shape index (κ3) is 2.51. The lowest BCUT2D eigenvalue weighted by Crippen LogP contribution is -2.14. The molecule has 0 amide bonds. The van der Waals surface area contributed by atoms with Crippen molar-refractivity contribution < 1.29 is 9.59 Å².